The Morgan fingerprint density at radius 2 is 1.95 bits per heavy atom. The molecule has 0 aromatic heterocycles. The maximum absolute atomic E-state index is 11.5. The third-order valence-corrected chi connectivity index (χ3v) is 3.61. The van der Waals surface area contributed by atoms with Crippen molar-refractivity contribution >= 4 is 17.9 Å². The largest absolute Gasteiger partial charge is 0.481 e. The minimum atomic E-state index is -0.807. The van der Waals surface area contributed by atoms with E-state index in [0.29, 0.717) is 13.1 Å². The van der Waals surface area contributed by atoms with E-state index in [1.807, 2.05) is 4.90 Å². The van der Waals surface area contributed by atoms with E-state index in [1.165, 1.54) is 0 Å². The van der Waals surface area contributed by atoms with Crippen LogP contribution in [0.5, 0.6) is 0 Å². The third-order valence-electron chi connectivity index (χ3n) is 3.61. The van der Waals surface area contributed by atoms with Gasteiger partial charge in [0.05, 0.1) is 12.5 Å². The van der Waals surface area contributed by atoms with Gasteiger partial charge in [-0.2, -0.15) is 0 Å². The predicted molar refractivity (Wildman–Crippen MR) is 66.4 cm³/mol. The molecular formula is C12H19N3O4. The standard InChI is InChI=1S/C12H19N3O4/c1-7(11(17)18)8-4-15(5-8)6-10(16)14-12(19)13-9-2-3-9/h7-9H,2-6H2,1H3,(H,17,18)(H2,13,14,16,19). The second-order valence-electron chi connectivity index (χ2n) is 5.38. The molecular weight excluding hydrogens is 250 g/mol. The molecule has 7 heteroatoms. The van der Waals surface area contributed by atoms with Crippen LogP contribution in [0.2, 0.25) is 0 Å². The molecule has 0 radical (unpaired) electrons. The fourth-order valence-corrected chi connectivity index (χ4v) is 2.08. The minimum absolute atomic E-state index is 0.0885. The van der Waals surface area contributed by atoms with Gasteiger partial charge in [-0.05, 0) is 18.8 Å². The quantitative estimate of drug-likeness (QED) is 0.632. The molecule has 2 aliphatic rings. The molecule has 1 aliphatic heterocycles. The lowest BCUT2D eigenvalue weighted by molar-refractivity contribution is -0.145. The smallest absolute Gasteiger partial charge is 0.321 e. The summed E-state index contributed by atoms with van der Waals surface area (Å²) in [6, 6.07) is -0.221. The van der Waals surface area contributed by atoms with E-state index in [9.17, 15) is 14.4 Å². The molecule has 1 saturated carbocycles. The number of nitrogens with one attached hydrogen (secondary N) is 2. The first-order valence-corrected chi connectivity index (χ1v) is 6.51. The molecule has 1 saturated heterocycles. The number of hydrogen-bond donors (Lipinski definition) is 3. The van der Waals surface area contributed by atoms with Crippen LogP contribution in [0.15, 0.2) is 0 Å². The van der Waals surface area contributed by atoms with Crippen LogP contribution < -0.4 is 10.6 Å². The third kappa shape index (κ3) is 3.92. The molecule has 3 amide bonds. The van der Waals surface area contributed by atoms with Gasteiger partial charge >= 0.3 is 12.0 Å². The van der Waals surface area contributed by atoms with Crippen molar-refractivity contribution in [1.82, 2.24) is 15.5 Å². The molecule has 0 aromatic rings. The van der Waals surface area contributed by atoms with Gasteiger partial charge in [-0.3, -0.25) is 19.8 Å². The van der Waals surface area contributed by atoms with Crippen LogP contribution in [0.3, 0.4) is 0 Å². The van der Waals surface area contributed by atoms with Gasteiger partial charge in [-0.15, -0.1) is 0 Å². The lowest BCUT2D eigenvalue weighted by Crippen LogP contribution is -2.55. The maximum Gasteiger partial charge on any atom is 0.321 e. The summed E-state index contributed by atoms with van der Waals surface area (Å²) in [7, 11) is 0. The zero-order valence-corrected chi connectivity index (χ0v) is 10.9. The normalized spacial score (nSPS) is 21.3. The zero-order valence-electron chi connectivity index (χ0n) is 10.9. The van der Waals surface area contributed by atoms with Crippen molar-refractivity contribution in [2.24, 2.45) is 11.8 Å². The monoisotopic (exact) mass is 269 g/mol. The Bertz CT molecular complexity index is 388. The van der Waals surface area contributed by atoms with Crippen molar-refractivity contribution in [3.8, 4) is 0 Å². The molecule has 19 heavy (non-hydrogen) atoms. The Labute approximate surface area is 111 Å². The summed E-state index contributed by atoms with van der Waals surface area (Å²) in [5, 5.41) is 13.8. The first-order chi connectivity index (χ1) is 8.95. The minimum Gasteiger partial charge on any atom is -0.481 e. The fraction of sp³-hybridized carbons (Fsp3) is 0.750. The number of carboxylic acids is 1. The highest BCUT2D eigenvalue weighted by Gasteiger charge is 2.35. The van der Waals surface area contributed by atoms with E-state index in [-0.39, 0.29) is 24.4 Å². The Kier molecular flexibility index (Phi) is 4.04. The molecule has 106 valence electrons. The number of carboxylic acid groups (broad SMARTS) is 1. The lowest BCUT2D eigenvalue weighted by Gasteiger charge is -2.40. The van der Waals surface area contributed by atoms with E-state index < -0.39 is 17.9 Å². The molecule has 0 bridgehead atoms. The van der Waals surface area contributed by atoms with Crippen LogP contribution in [0.1, 0.15) is 19.8 Å². The second-order valence-corrected chi connectivity index (χ2v) is 5.38. The van der Waals surface area contributed by atoms with Crippen molar-refractivity contribution in [2.45, 2.75) is 25.8 Å². The summed E-state index contributed by atoms with van der Waals surface area (Å²) in [5.41, 5.74) is 0. The highest BCUT2D eigenvalue weighted by Crippen LogP contribution is 2.23. The number of carbonyl (C=O) groups is 3. The predicted octanol–water partition coefficient (Wildman–Crippen LogP) is -0.373. The van der Waals surface area contributed by atoms with Crippen molar-refractivity contribution in [2.75, 3.05) is 19.6 Å². The van der Waals surface area contributed by atoms with E-state index in [4.69, 9.17) is 5.11 Å². The Balaban J connectivity index is 1.62. The molecule has 7 nitrogen and oxygen atoms in total. The number of nitrogens with zero attached hydrogens (tertiary/aromatic N) is 1. The van der Waals surface area contributed by atoms with Crippen molar-refractivity contribution in [3.05, 3.63) is 0 Å². The number of urea groups is 1. The summed E-state index contributed by atoms with van der Waals surface area (Å²) < 4.78 is 0. The number of hydrogen-bond acceptors (Lipinski definition) is 4. The highest BCUT2D eigenvalue weighted by molar-refractivity contribution is 5.95. The van der Waals surface area contributed by atoms with Gasteiger partial charge < -0.3 is 10.4 Å². The van der Waals surface area contributed by atoms with Gasteiger partial charge in [0.2, 0.25) is 5.91 Å². The van der Waals surface area contributed by atoms with Crippen LogP contribution >= 0.6 is 0 Å². The van der Waals surface area contributed by atoms with Gasteiger partial charge in [0.25, 0.3) is 0 Å². The van der Waals surface area contributed by atoms with Gasteiger partial charge in [-0.1, -0.05) is 6.92 Å². The molecule has 3 N–H and O–H groups in total. The summed E-state index contributed by atoms with van der Waals surface area (Å²) >= 11 is 0. The maximum atomic E-state index is 11.5. The number of amides is 3. The Hall–Kier alpha value is -1.63. The van der Waals surface area contributed by atoms with Gasteiger partial charge in [0, 0.05) is 19.1 Å². The SMILES string of the molecule is CC(C(=O)O)C1CN(CC(=O)NC(=O)NC2CC2)C1. The molecule has 1 unspecified atom stereocenters. The first-order valence-electron chi connectivity index (χ1n) is 6.51. The van der Waals surface area contributed by atoms with Crippen molar-refractivity contribution in [1.29, 1.82) is 0 Å². The molecule has 1 aliphatic carbocycles. The van der Waals surface area contributed by atoms with Crippen LogP contribution in [0.25, 0.3) is 0 Å². The van der Waals surface area contributed by atoms with E-state index in [0.717, 1.165) is 12.8 Å². The molecule has 0 aromatic carbocycles. The van der Waals surface area contributed by atoms with Crippen LogP contribution in [0.4, 0.5) is 4.79 Å². The number of likely N-dealkylation sites (tertiary alicyclic amines) is 1. The van der Waals surface area contributed by atoms with Gasteiger partial charge in [0.15, 0.2) is 0 Å². The summed E-state index contributed by atoms with van der Waals surface area (Å²) in [5.74, 6) is -1.46. The Morgan fingerprint density at radius 1 is 1.32 bits per heavy atom. The zero-order chi connectivity index (χ0) is 14.0. The number of rotatable bonds is 5. The first kappa shape index (κ1) is 13.8. The second kappa shape index (κ2) is 5.56. The molecule has 0 spiro atoms. The van der Waals surface area contributed by atoms with E-state index >= 15 is 0 Å². The van der Waals surface area contributed by atoms with Crippen LogP contribution in [0, 0.1) is 11.8 Å². The van der Waals surface area contributed by atoms with E-state index in [1.54, 1.807) is 6.92 Å². The van der Waals surface area contributed by atoms with E-state index in [2.05, 4.69) is 10.6 Å². The van der Waals surface area contributed by atoms with Crippen LogP contribution in [-0.4, -0.2) is 53.6 Å². The molecule has 2 fully saturated rings. The van der Waals surface area contributed by atoms with Crippen LogP contribution in [-0.2, 0) is 9.59 Å². The molecule has 2 rings (SSSR count). The summed E-state index contributed by atoms with van der Waals surface area (Å²) in [6.07, 6.45) is 1.95. The number of carbonyl (C=O) groups excluding carboxylic acids is 2. The molecule has 1 heterocycles. The average molecular weight is 269 g/mol. The fourth-order valence-electron chi connectivity index (χ4n) is 2.08. The highest BCUT2D eigenvalue weighted by atomic mass is 16.4. The van der Waals surface area contributed by atoms with Crippen molar-refractivity contribution < 1.29 is 19.5 Å². The Morgan fingerprint density at radius 3 is 2.47 bits per heavy atom. The summed E-state index contributed by atoms with van der Waals surface area (Å²) in [6.45, 7) is 2.99. The lowest BCUT2D eigenvalue weighted by atomic mass is 9.87. The van der Waals surface area contributed by atoms with Crippen molar-refractivity contribution in [3.63, 3.8) is 0 Å². The van der Waals surface area contributed by atoms with Gasteiger partial charge in [-0.25, -0.2) is 4.79 Å². The molecule has 1 atom stereocenters. The summed E-state index contributed by atoms with van der Waals surface area (Å²) in [4.78, 5) is 35.5. The van der Waals surface area contributed by atoms with Gasteiger partial charge in [0.1, 0.15) is 0 Å². The number of imide groups is 1. The topological polar surface area (TPSA) is 98.7 Å². The number of aliphatic carboxylic acids is 1. The average Bonchev–Trinajstić information content (AvgIpc) is 3.05.